The number of nitrogens with one attached hydrogen (secondary N) is 1. The van der Waals surface area contributed by atoms with Gasteiger partial charge in [-0.2, -0.15) is 0 Å². The van der Waals surface area contributed by atoms with E-state index in [0.717, 1.165) is 12.8 Å². The van der Waals surface area contributed by atoms with Crippen LogP contribution >= 0.6 is 11.6 Å². The summed E-state index contributed by atoms with van der Waals surface area (Å²) in [5, 5.41) is 11.8. The van der Waals surface area contributed by atoms with Gasteiger partial charge in [-0.15, -0.1) is 5.10 Å². The molecular weight excluding hydrogens is 546 g/mol. The van der Waals surface area contributed by atoms with Gasteiger partial charge in [-0.3, -0.25) is 9.59 Å². The van der Waals surface area contributed by atoms with Gasteiger partial charge in [0.05, 0.1) is 24.3 Å². The molecule has 2 amide bonds. The maximum absolute atomic E-state index is 14.1. The maximum atomic E-state index is 14.1. The molecule has 3 aromatic carbocycles. The Kier molecular flexibility index (Phi) is 8.91. The van der Waals surface area contributed by atoms with Crippen molar-refractivity contribution in [2.45, 2.75) is 38.1 Å². The molecule has 0 radical (unpaired) electrons. The number of ether oxygens (including phenoxy) is 2. The predicted molar refractivity (Wildman–Crippen MR) is 152 cm³/mol. The zero-order valence-electron chi connectivity index (χ0n) is 22.5. The molecule has 11 heteroatoms. The Labute approximate surface area is 242 Å². The van der Waals surface area contributed by atoms with E-state index in [4.69, 9.17) is 21.1 Å². The Hall–Kier alpha value is -4.28. The van der Waals surface area contributed by atoms with Gasteiger partial charge in [0.25, 0.3) is 0 Å². The molecule has 0 bridgehead atoms. The molecule has 1 N–H and O–H groups in total. The number of para-hydroxylation sites is 1. The first-order valence-corrected chi connectivity index (χ1v) is 13.7. The maximum Gasteiger partial charge on any atom is 0.337 e. The first-order chi connectivity index (χ1) is 19.9. The summed E-state index contributed by atoms with van der Waals surface area (Å²) in [7, 11) is 1.30. The molecule has 0 spiro atoms. The van der Waals surface area contributed by atoms with Crippen LogP contribution in [0.2, 0.25) is 5.02 Å². The number of fused-ring (bicyclic) bond motifs is 1. The van der Waals surface area contributed by atoms with E-state index in [-0.39, 0.29) is 31.0 Å². The molecular formula is C30H30ClN5O5. The smallest absolute Gasteiger partial charge is 0.337 e. The van der Waals surface area contributed by atoms with Crippen LogP contribution in [0.4, 0.5) is 0 Å². The third-order valence-electron chi connectivity index (χ3n) is 7.06. The summed E-state index contributed by atoms with van der Waals surface area (Å²) in [6.45, 7) is 0.877. The highest BCUT2D eigenvalue weighted by molar-refractivity contribution is 6.31. The SMILES string of the molecule is COC(=O)c1ccc([C@@H](C(=O)NC[C@@H]2CCCO2)N(Cc2ccccc2Cl)C(=O)Cn2nnc3ccccc32)cc1. The van der Waals surface area contributed by atoms with Gasteiger partial charge >= 0.3 is 5.97 Å². The van der Waals surface area contributed by atoms with Gasteiger partial charge in [0.15, 0.2) is 0 Å². The lowest BCUT2D eigenvalue weighted by Gasteiger charge is -2.32. The lowest BCUT2D eigenvalue weighted by Crippen LogP contribution is -2.46. The molecule has 0 aliphatic carbocycles. The number of hydrogen-bond donors (Lipinski definition) is 1. The third-order valence-corrected chi connectivity index (χ3v) is 7.43. The van der Waals surface area contributed by atoms with E-state index in [9.17, 15) is 14.4 Å². The van der Waals surface area contributed by atoms with Crippen molar-refractivity contribution in [3.05, 3.63) is 94.5 Å². The monoisotopic (exact) mass is 575 g/mol. The number of nitrogens with zero attached hydrogens (tertiary/aromatic N) is 4. The van der Waals surface area contributed by atoms with Crippen LogP contribution in [0.15, 0.2) is 72.8 Å². The largest absolute Gasteiger partial charge is 0.465 e. The van der Waals surface area contributed by atoms with Gasteiger partial charge in [0.1, 0.15) is 18.1 Å². The summed E-state index contributed by atoms with van der Waals surface area (Å²) in [4.78, 5) is 41.5. The molecule has 1 aromatic heterocycles. The number of esters is 1. The Bertz CT molecular complexity index is 1530. The average molecular weight is 576 g/mol. The van der Waals surface area contributed by atoms with E-state index in [2.05, 4.69) is 15.6 Å². The number of rotatable bonds is 10. The van der Waals surface area contributed by atoms with E-state index in [1.165, 1.54) is 16.7 Å². The Morgan fingerprint density at radius 2 is 1.85 bits per heavy atom. The number of halogens is 1. The van der Waals surface area contributed by atoms with Gasteiger partial charge < -0.3 is 19.7 Å². The predicted octanol–water partition coefficient (Wildman–Crippen LogP) is 3.94. The lowest BCUT2D eigenvalue weighted by atomic mass is 10.0. The molecule has 212 valence electrons. The van der Waals surface area contributed by atoms with Crippen molar-refractivity contribution in [3.63, 3.8) is 0 Å². The Morgan fingerprint density at radius 1 is 1.10 bits per heavy atom. The van der Waals surface area contributed by atoms with Crippen LogP contribution in [0.5, 0.6) is 0 Å². The highest BCUT2D eigenvalue weighted by Gasteiger charge is 2.33. The molecule has 1 saturated heterocycles. The van der Waals surface area contributed by atoms with E-state index in [0.29, 0.717) is 45.9 Å². The van der Waals surface area contributed by atoms with Crippen molar-refractivity contribution in [1.82, 2.24) is 25.2 Å². The summed E-state index contributed by atoms with van der Waals surface area (Å²) in [5.41, 5.74) is 2.87. The van der Waals surface area contributed by atoms with Crippen LogP contribution in [0, 0.1) is 0 Å². The molecule has 0 saturated carbocycles. The van der Waals surface area contributed by atoms with Crippen molar-refractivity contribution < 1.29 is 23.9 Å². The van der Waals surface area contributed by atoms with E-state index in [1.54, 1.807) is 36.4 Å². The van der Waals surface area contributed by atoms with Crippen LogP contribution in [-0.2, 0) is 32.2 Å². The quantitative estimate of drug-likeness (QED) is 0.285. The number of benzene rings is 3. The zero-order chi connectivity index (χ0) is 28.8. The molecule has 5 rings (SSSR count). The average Bonchev–Trinajstić information content (AvgIpc) is 3.67. The van der Waals surface area contributed by atoms with Gasteiger partial charge in [0, 0.05) is 24.7 Å². The minimum atomic E-state index is -1.04. The third kappa shape index (κ3) is 6.55. The molecule has 2 atom stereocenters. The molecule has 4 aromatic rings. The minimum absolute atomic E-state index is 0.0574. The van der Waals surface area contributed by atoms with E-state index < -0.39 is 12.0 Å². The molecule has 0 unspecified atom stereocenters. The van der Waals surface area contributed by atoms with Crippen molar-refractivity contribution in [2.75, 3.05) is 20.3 Å². The Balaban J connectivity index is 1.52. The topological polar surface area (TPSA) is 116 Å². The molecule has 10 nitrogen and oxygen atoms in total. The number of amides is 2. The summed E-state index contributed by atoms with van der Waals surface area (Å²) in [6.07, 6.45) is 1.69. The summed E-state index contributed by atoms with van der Waals surface area (Å²) in [5.74, 6) is -1.25. The normalized spacial score (nSPS) is 15.4. The standard InChI is InChI=1S/C30H30ClN5O5/c1-40-30(39)21-14-12-20(13-15-21)28(29(38)32-17-23-8-6-16-41-23)35(18-22-7-2-3-9-24(22)31)27(37)19-36-26-11-5-4-10-25(26)33-34-36/h2-5,7,9-15,23,28H,6,8,16-19H2,1H3,(H,32,38)/t23-,28-/m0/s1. The van der Waals surface area contributed by atoms with Crippen LogP contribution in [0.25, 0.3) is 11.0 Å². The van der Waals surface area contributed by atoms with Crippen molar-refractivity contribution in [1.29, 1.82) is 0 Å². The van der Waals surface area contributed by atoms with Gasteiger partial charge in [-0.1, -0.05) is 59.3 Å². The van der Waals surface area contributed by atoms with Gasteiger partial charge in [-0.05, 0) is 54.3 Å². The van der Waals surface area contributed by atoms with Crippen LogP contribution in [0.1, 0.15) is 40.4 Å². The number of carbonyl (C=O) groups excluding carboxylic acids is 3. The number of aromatic nitrogens is 3. The van der Waals surface area contributed by atoms with Gasteiger partial charge in [0.2, 0.25) is 11.8 Å². The highest BCUT2D eigenvalue weighted by Crippen LogP contribution is 2.28. The van der Waals surface area contributed by atoms with Crippen LogP contribution in [-0.4, -0.2) is 64.0 Å². The number of methoxy groups -OCH3 is 1. The second-order valence-corrected chi connectivity index (χ2v) is 10.2. The lowest BCUT2D eigenvalue weighted by molar-refractivity contribution is -0.142. The second-order valence-electron chi connectivity index (χ2n) is 9.75. The summed E-state index contributed by atoms with van der Waals surface area (Å²) in [6, 6.07) is 19.9. The summed E-state index contributed by atoms with van der Waals surface area (Å²) >= 11 is 6.51. The molecule has 2 heterocycles. The number of carbonyl (C=O) groups is 3. The fraction of sp³-hybridized carbons (Fsp3) is 0.300. The van der Waals surface area contributed by atoms with Crippen LogP contribution < -0.4 is 5.32 Å². The second kappa shape index (κ2) is 12.9. The fourth-order valence-corrected chi connectivity index (χ4v) is 5.09. The van der Waals surface area contributed by atoms with Crippen molar-refractivity contribution in [2.24, 2.45) is 0 Å². The van der Waals surface area contributed by atoms with Crippen molar-refractivity contribution >= 4 is 40.4 Å². The van der Waals surface area contributed by atoms with Crippen LogP contribution in [0.3, 0.4) is 0 Å². The fourth-order valence-electron chi connectivity index (χ4n) is 4.90. The first kappa shape index (κ1) is 28.3. The van der Waals surface area contributed by atoms with E-state index >= 15 is 0 Å². The molecule has 41 heavy (non-hydrogen) atoms. The zero-order valence-corrected chi connectivity index (χ0v) is 23.3. The molecule has 1 aliphatic heterocycles. The van der Waals surface area contributed by atoms with Gasteiger partial charge in [-0.25, -0.2) is 9.48 Å². The highest BCUT2D eigenvalue weighted by atomic mass is 35.5. The first-order valence-electron chi connectivity index (χ1n) is 13.3. The summed E-state index contributed by atoms with van der Waals surface area (Å²) < 4.78 is 12.0. The van der Waals surface area contributed by atoms with E-state index in [1.807, 2.05) is 36.4 Å². The Morgan fingerprint density at radius 3 is 2.59 bits per heavy atom. The molecule has 1 fully saturated rings. The minimum Gasteiger partial charge on any atom is -0.465 e. The van der Waals surface area contributed by atoms with Crippen molar-refractivity contribution in [3.8, 4) is 0 Å². The molecule has 1 aliphatic rings. The number of hydrogen-bond acceptors (Lipinski definition) is 7.